The molecular formula is C20H23NO. The minimum Gasteiger partial charge on any atom is -0.299 e. The Hall–Kier alpha value is -1.62. The van der Waals surface area contributed by atoms with E-state index in [0.717, 1.165) is 37.7 Å². The third kappa shape index (κ3) is 1.88. The summed E-state index contributed by atoms with van der Waals surface area (Å²) in [5, 5.41) is 8.89. The predicted molar refractivity (Wildman–Crippen MR) is 85.4 cm³/mol. The maximum atomic E-state index is 12.3. The minimum atomic E-state index is -0.0284. The largest absolute Gasteiger partial charge is 0.299 e. The number of nitriles is 1. The summed E-state index contributed by atoms with van der Waals surface area (Å²) >= 11 is 0. The lowest BCUT2D eigenvalue weighted by molar-refractivity contribution is -0.129. The Kier molecular flexibility index (Phi) is 3.15. The second-order valence-corrected chi connectivity index (χ2v) is 7.70. The number of ketones is 1. The Bertz CT molecular complexity index is 671. The number of Topliss-reactive ketones (excluding diaryl/α,β-unsaturated/α-hetero) is 1. The van der Waals surface area contributed by atoms with Crippen LogP contribution in [0.1, 0.15) is 61.6 Å². The summed E-state index contributed by atoms with van der Waals surface area (Å²) in [5.41, 5.74) is 4.09. The molecule has 0 heterocycles. The number of carbonyl (C=O) groups excluding carboxylic acids is 1. The SMILES string of the molecule is C[C@]12CC[C@@H]3c4ccc(CC#N)cc4CC[C@H]3[C@@H]1CCC2=O. The highest BCUT2D eigenvalue weighted by Crippen LogP contribution is 2.59. The maximum Gasteiger partial charge on any atom is 0.139 e. The zero-order chi connectivity index (χ0) is 15.3. The molecule has 0 aromatic heterocycles. The molecule has 4 rings (SSSR count). The molecule has 0 radical (unpaired) electrons. The van der Waals surface area contributed by atoms with E-state index in [1.165, 1.54) is 17.5 Å². The van der Waals surface area contributed by atoms with Crippen LogP contribution in [-0.4, -0.2) is 5.78 Å². The molecule has 0 aliphatic heterocycles. The quantitative estimate of drug-likeness (QED) is 0.779. The number of benzene rings is 1. The van der Waals surface area contributed by atoms with Crippen molar-refractivity contribution in [1.29, 1.82) is 5.26 Å². The first-order chi connectivity index (χ1) is 10.6. The van der Waals surface area contributed by atoms with Crippen LogP contribution in [0.25, 0.3) is 0 Å². The van der Waals surface area contributed by atoms with E-state index in [0.29, 0.717) is 30.0 Å². The van der Waals surface area contributed by atoms with Gasteiger partial charge in [0, 0.05) is 11.8 Å². The molecule has 3 aliphatic carbocycles. The van der Waals surface area contributed by atoms with Crippen molar-refractivity contribution >= 4 is 5.78 Å². The predicted octanol–water partition coefficient (Wildman–Crippen LogP) is 4.18. The molecular weight excluding hydrogens is 270 g/mol. The average Bonchev–Trinajstić information content (AvgIpc) is 2.83. The zero-order valence-electron chi connectivity index (χ0n) is 13.3. The summed E-state index contributed by atoms with van der Waals surface area (Å²) in [5.74, 6) is 2.46. The third-order valence-corrected chi connectivity index (χ3v) is 6.78. The lowest BCUT2D eigenvalue weighted by Gasteiger charge is -2.48. The van der Waals surface area contributed by atoms with Crippen LogP contribution < -0.4 is 0 Å². The van der Waals surface area contributed by atoms with Crippen molar-refractivity contribution in [3.63, 3.8) is 0 Å². The Labute approximate surface area is 132 Å². The molecule has 1 aromatic carbocycles. The number of hydrogen-bond donors (Lipinski definition) is 0. The summed E-state index contributed by atoms with van der Waals surface area (Å²) in [4.78, 5) is 12.3. The molecule has 3 aliphatic rings. The van der Waals surface area contributed by atoms with Gasteiger partial charge in [0.15, 0.2) is 0 Å². The highest BCUT2D eigenvalue weighted by Gasteiger charge is 2.54. The van der Waals surface area contributed by atoms with Crippen LogP contribution in [0, 0.1) is 28.6 Å². The van der Waals surface area contributed by atoms with Crippen LogP contribution in [-0.2, 0) is 17.6 Å². The molecule has 0 spiro atoms. The van der Waals surface area contributed by atoms with Gasteiger partial charge in [0.2, 0.25) is 0 Å². The van der Waals surface area contributed by atoms with Gasteiger partial charge in [0.1, 0.15) is 5.78 Å². The lowest BCUT2D eigenvalue weighted by atomic mass is 9.55. The number of hydrogen-bond acceptors (Lipinski definition) is 2. The highest BCUT2D eigenvalue weighted by molar-refractivity contribution is 5.87. The summed E-state index contributed by atoms with van der Waals surface area (Å²) < 4.78 is 0. The van der Waals surface area contributed by atoms with E-state index in [1.807, 2.05) is 0 Å². The first-order valence-electron chi connectivity index (χ1n) is 8.65. The van der Waals surface area contributed by atoms with E-state index >= 15 is 0 Å². The van der Waals surface area contributed by atoms with Gasteiger partial charge in [-0.2, -0.15) is 5.26 Å². The molecule has 114 valence electrons. The summed E-state index contributed by atoms with van der Waals surface area (Å²) in [6.45, 7) is 2.23. The maximum absolute atomic E-state index is 12.3. The molecule has 1 aromatic rings. The normalized spacial score (nSPS) is 36.2. The van der Waals surface area contributed by atoms with Gasteiger partial charge in [-0.3, -0.25) is 4.79 Å². The molecule has 2 nitrogen and oxygen atoms in total. The van der Waals surface area contributed by atoms with Crippen molar-refractivity contribution in [2.24, 2.45) is 17.3 Å². The molecule has 0 saturated heterocycles. The van der Waals surface area contributed by atoms with E-state index < -0.39 is 0 Å². The van der Waals surface area contributed by atoms with E-state index in [-0.39, 0.29) is 5.41 Å². The Morgan fingerprint density at radius 1 is 1.27 bits per heavy atom. The molecule has 4 atom stereocenters. The fourth-order valence-corrected chi connectivity index (χ4v) is 5.61. The van der Waals surface area contributed by atoms with Crippen molar-refractivity contribution in [3.8, 4) is 6.07 Å². The average molecular weight is 293 g/mol. The Balaban J connectivity index is 1.68. The van der Waals surface area contributed by atoms with Crippen LogP contribution in [0.5, 0.6) is 0 Å². The molecule has 0 N–H and O–H groups in total. The monoisotopic (exact) mass is 293 g/mol. The Morgan fingerprint density at radius 2 is 2.14 bits per heavy atom. The molecule has 22 heavy (non-hydrogen) atoms. The molecule has 2 fully saturated rings. The zero-order valence-corrected chi connectivity index (χ0v) is 13.3. The van der Waals surface area contributed by atoms with Gasteiger partial charge >= 0.3 is 0 Å². The van der Waals surface area contributed by atoms with Crippen molar-refractivity contribution in [2.75, 3.05) is 0 Å². The molecule has 0 bridgehead atoms. The fraction of sp³-hybridized carbons (Fsp3) is 0.600. The minimum absolute atomic E-state index is 0.0284. The summed E-state index contributed by atoms with van der Waals surface area (Å²) in [6.07, 6.45) is 7.00. The number of carbonyl (C=O) groups is 1. The molecule has 0 amide bonds. The van der Waals surface area contributed by atoms with Crippen molar-refractivity contribution < 1.29 is 4.79 Å². The van der Waals surface area contributed by atoms with Crippen LogP contribution >= 0.6 is 0 Å². The van der Waals surface area contributed by atoms with Gasteiger partial charge < -0.3 is 0 Å². The van der Waals surface area contributed by atoms with Gasteiger partial charge in [0.25, 0.3) is 0 Å². The number of nitrogens with zero attached hydrogens (tertiary/aromatic N) is 1. The van der Waals surface area contributed by atoms with Crippen LogP contribution in [0.2, 0.25) is 0 Å². The smallest absolute Gasteiger partial charge is 0.139 e. The third-order valence-electron chi connectivity index (χ3n) is 6.78. The van der Waals surface area contributed by atoms with Gasteiger partial charge in [-0.15, -0.1) is 0 Å². The van der Waals surface area contributed by atoms with Crippen molar-refractivity contribution in [1.82, 2.24) is 0 Å². The van der Waals surface area contributed by atoms with Gasteiger partial charge in [-0.1, -0.05) is 25.1 Å². The van der Waals surface area contributed by atoms with E-state index in [2.05, 4.69) is 31.2 Å². The van der Waals surface area contributed by atoms with E-state index in [1.54, 1.807) is 0 Å². The van der Waals surface area contributed by atoms with E-state index in [9.17, 15) is 4.79 Å². The van der Waals surface area contributed by atoms with Crippen LogP contribution in [0.4, 0.5) is 0 Å². The molecule has 2 saturated carbocycles. The number of fused-ring (bicyclic) bond motifs is 5. The van der Waals surface area contributed by atoms with Crippen molar-refractivity contribution in [2.45, 2.75) is 57.8 Å². The molecule has 2 heteroatoms. The van der Waals surface area contributed by atoms with Gasteiger partial charge in [-0.05, 0) is 66.5 Å². The first kappa shape index (κ1) is 14.0. The topological polar surface area (TPSA) is 40.9 Å². The highest BCUT2D eigenvalue weighted by atomic mass is 16.1. The van der Waals surface area contributed by atoms with Gasteiger partial charge in [0.05, 0.1) is 12.5 Å². The fourth-order valence-electron chi connectivity index (χ4n) is 5.61. The van der Waals surface area contributed by atoms with E-state index in [4.69, 9.17) is 5.26 Å². The van der Waals surface area contributed by atoms with Crippen LogP contribution in [0.3, 0.4) is 0 Å². The standard InChI is InChI=1S/C20H23NO/c1-20-10-8-16-15-4-2-13(9-11-21)12-14(15)3-5-17(16)18(20)6-7-19(20)22/h2,4,12,16-18H,3,5-10H2,1H3/t16-,17-,18+,20+/m1/s1. The second-order valence-electron chi connectivity index (χ2n) is 7.70. The lowest BCUT2D eigenvalue weighted by Crippen LogP contribution is -2.42. The Morgan fingerprint density at radius 3 is 2.95 bits per heavy atom. The van der Waals surface area contributed by atoms with Crippen LogP contribution in [0.15, 0.2) is 18.2 Å². The van der Waals surface area contributed by atoms with Crippen molar-refractivity contribution in [3.05, 3.63) is 34.9 Å². The summed E-state index contributed by atoms with van der Waals surface area (Å²) in [7, 11) is 0. The number of rotatable bonds is 1. The summed E-state index contributed by atoms with van der Waals surface area (Å²) in [6, 6.07) is 8.92. The second kappa shape index (κ2) is 4.95. The number of aryl methyl sites for hydroxylation is 1. The first-order valence-corrected chi connectivity index (χ1v) is 8.65. The molecule has 0 unspecified atom stereocenters. The van der Waals surface area contributed by atoms with Gasteiger partial charge in [-0.25, -0.2) is 0 Å².